The van der Waals surface area contributed by atoms with Crippen LogP contribution in [0, 0.1) is 5.82 Å². The fourth-order valence-electron chi connectivity index (χ4n) is 3.73. The highest BCUT2D eigenvalue weighted by Crippen LogP contribution is 2.43. The highest BCUT2D eigenvalue weighted by molar-refractivity contribution is 6.51. The Morgan fingerprint density at radius 2 is 1.78 bits per heavy atom. The molecule has 1 N–H and O–H groups in total. The number of Topliss-reactive ketones (excluding diaryl/α,β-unsaturated/α-hetero) is 1. The van der Waals surface area contributed by atoms with Crippen LogP contribution >= 0.6 is 0 Å². The lowest BCUT2D eigenvalue weighted by Gasteiger charge is -2.25. The average Bonchev–Trinajstić information content (AvgIpc) is 3.09. The molecular weight excluding hydrogens is 415 g/mol. The lowest BCUT2D eigenvalue weighted by Crippen LogP contribution is -2.29. The third-order valence-corrected chi connectivity index (χ3v) is 5.22. The molecule has 4 rings (SSSR count). The number of carbonyl (C=O) groups excluding carboxylic acids is 2. The second-order valence-electron chi connectivity index (χ2n) is 7.00. The molecule has 0 radical (unpaired) electrons. The van der Waals surface area contributed by atoms with E-state index in [1.54, 1.807) is 24.3 Å². The number of nitrogens with zero attached hydrogens (tertiary/aromatic N) is 2. The van der Waals surface area contributed by atoms with Crippen LogP contribution in [-0.4, -0.2) is 36.0 Å². The maximum atomic E-state index is 13.9. The molecule has 162 valence electrons. The summed E-state index contributed by atoms with van der Waals surface area (Å²) in [7, 11) is 2.90. The van der Waals surface area contributed by atoms with Crippen molar-refractivity contribution < 1.29 is 28.6 Å². The van der Waals surface area contributed by atoms with Crippen LogP contribution in [0.25, 0.3) is 5.76 Å². The molecule has 1 unspecified atom stereocenters. The Bertz CT molecular complexity index is 1230. The van der Waals surface area contributed by atoms with E-state index in [2.05, 4.69) is 4.98 Å². The van der Waals surface area contributed by atoms with Gasteiger partial charge in [0.1, 0.15) is 23.1 Å². The van der Waals surface area contributed by atoms with Gasteiger partial charge in [0.25, 0.3) is 11.7 Å². The molecule has 1 saturated heterocycles. The van der Waals surface area contributed by atoms with E-state index < -0.39 is 29.3 Å². The van der Waals surface area contributed by atoms with Crippen LogP contribution in [0.2, 0.25) is 0 Å². The Hall–Kier alpha value is -4.20. The standard InChI is InChI=1S/C24H19FN2O5/c1-31-17-6-7-18(19(13-17)32-2)22(28)20-21(14-8-10-26-11-9-14)27(24(30)23(20)29)16-5-3-4-15(25)12-16/h3-13,21,28H,1-2H3/b22-20-. The van der Waals surface area contributed by atoms with Gasteiger partial charge in [-0.3, -0.25) is 19.5 Å². The molecule has 2 aromatic carbocycles. The number of aliphatic hydroxyl groups is 1. The van der Waals surface area contributed by atoms with Gasteiger partial charge in [0, 0.05) is 24.1 Å². The number of pyridine rings is 1. The second kappa shape index (κ2) is 8.50. The molecule has 0 aliphatic carbocycles. The van der Waals surface area contributed by atoms with Gasteiger partial charge in [-0.05, 0) is 48.0 Å². The monoisotopic (exact) mass is 434 g/mol. The molecule has 1 atom stereocenters. The molecular formula is C24H19FN2O5. The number of anilines is 1. The van der Waals surface area contributed by atoms with Crippen LogP contribution < -0.4 is 14.4 Å². The van der Waals surface area contributed by atoms with E-state index in [9.17, 15) is 19.1 Å². The topological polar surface area (TPSA) is 89.0 Å². The molecule has 32 heavy (non-hydrogen) atoms. The zero-order valence-electron chi connectivity index (χ0n) is 17.3. The first-order chi connectivity index (χ1) is 15.5. The van der Waals surface area contributed by atoms with Crippen LogP contribution in [0.1, 0.15) is 17.2 Å². The maximum Gasteiger partial charge on any atom is 0.300 e. The normalized spacial score (nSPS) is 17.5. The summed E-state index contributed by atoms with van der Waals surface area (Å²) < 4.78 is 24.5. The number of ether oxygens (including phenoxy) is 2. The van der Waals surface area contributed by atoms with Crippen molar-refractivity contribution in [3.05, 3.63) is 89.5 Å². The smallest absolute Gasteiger partial charge is 0.300 e. The molecule has 8 heteroatoms. The molecule has 0 spiro atoms. The fourth-order valence-corrected chi connectivity index (χ4v) is 3.73. The molecule has 1 aliphatic rings. The van der Waals surface area contributed by atoms with Gasteiger partial charge in [-0.2, -0.15) is 0 Å². The quantitative estimate of drug-likeness (QED) is 0.373. The molecule has 3 aromatic rings. The summed E-state index contributed by atoms with van der Waals surface area (Å²) in [6.07, 6.45) is 3.02. The van der Waals surface area contributed by atoms with Crippen LogP contribution in [0.15, 0.2) is 72.6 Å². The number of aromatic nitrogens is 1. The van der Waals surface area contributed by atoms with E-state index in [0.717, 1.165) is 6.07 Å². The number of carbonyl (C=O) groups is 2. The number of methoxy groups -OCH3 is 2. The van der Waals surface area contributed by atoms with Crippen molar-refractivity contribution in [1.82, 2.24) is 4.98 Å². The molecule has 0 saturated carbocycles. The minimum Gasteiger partial charge on any atom is -0.507 e. The Morgan fingerprint density at radius 1 is 1.03 bits per heavy atom. The lowest BCUT2D eigenvalue weighted by atomic mass is 9.95. The predicted octanol–water partition coefficient (Wildman–Crippen LogP) is 3.86. The van der Waals surface area contributed by atoms with Crippen molar-refractivity contribution in [1.29, 1.82) is 0 Å². The van der Waals surface area contributed by atoms with Gasteiger partial charge in [0.05, 0.1) is 31.4 Å². The van der Waals surface area contributed by atoms with Crippen LogP contribution in [0.5, 0.6) is 11.5 Å². The lowest BCUT2D eigenvalue weighted by molar-refractivity contribution is -0.132. The summed E-state index contributed by atoms with van der Waals surface area (Å²) in [6, 6.07) is 12.3. The molecule has 1 amide bonds. The summed E-state index contributed by atoms with van der Waals surface area (Å²) in [5, 5.41) is 11.2. The number of hydrogen-bond acceptors (Lipinski definition) is 6. The average molecular weight is 434 g/mol. The summed E-state index contributed by atoms with van der Waals surface area (Å²) in [5.74, 6) is -2.01. The van der Waals surface area contributed by atoms with Gasteiger partial charge in [0.2, 0.25) is 0 Å². The second-order valence-corrected chi connectivity index (χ2v) is 7.00. The first kappa shape index (κ1) is 21.0. The number of hydrogen-bond donors (Lipinski definition) is 1. The van der Waals surface area contributed by atoms with E-state index in [-0.39, 0.29) is 22.6 Å². The van der Waals surface area contributed by atoms with Crippen LogP contribution in [-0.2, 0) is 9.59 Å². The first-order valence-electron chi connectivity index (χ1n) is 9.65. The zero-order valence-corrected chi connectivity index (χ0v) is 17.3. The third kappa shape index (κ3) is 3.56. The summed E-state index contributed by atoms with van der Waals surface area (Å²) in [5.41, 5.74) is 0.783. The van der Waals surface area contributed by atoms with Crippen molar-refractivity contribution >= 4 is 23.1 Å². The number of aliphatic hydroxyl groups excluding tert-OH is 1. The largest absolute Gasteiger partial charge is 0.507 e. The highest BCUT2D eigenvalue weighted by atomic mass is 19.1. The van der Waals surface area contributed by atoms with Crippen molar-refractivity contribution in [3.8, 4) is 11.5 Å². The predicted molar refractivity (Wildman–Crippen MR) is 115 cm³/mol. The molecule has 7 nitrogen and oxygen atoms in total. The minimum absolute atomic E-state index is 0.145. The van der Waals surface area contributed by atoms with E-state index in [1.807, 2.05) is 0 Å². The van der Waals surface area contributed by atoms with Gasteiger partial charge in [-0.25, -0.2) is 4.39 Å². The van der Waals surface area contributed by atoms with Crippen molar-refractivity contribution in [2.75, 3.05) is 19.1 Å². The van der Waals surface area contributed by atoms with Crippen LogP contribution in [0.3, 0.4) is 0 Å². The van der Waals surface area contributed by atoms with Crippen molar-refractivity contribution in [3.63, 3.8) is 0 Å². The summed E-state index contributed by atoms with van der Waals surface area (Å²) >= 11 is 0. The SMILES string of the molecule is COc1ccc(/C(O)=C2/C(=O)C(=O)N(c3cccc(F)c3)C2c2ccncc2)c(OC)c1. The van der Waals surface area contributed by atoms with Crippen molar-refractivity contribution in [2.45, 2.75) is 6.04 Å². The van der Waals surface area contributed by atoms with Gasteiger partial charge in [-0.1, -0.05) is 6.07 Å². The molecule has 1 aliphatic heterocycles. The zero-order chi connectivity index (χ0) is 22.8. The van der Waals surface area contributed by atoms with E-state index >= 15 is 0 Å². The fraction of sp³-hybridized carbons (Fsp3) is 0.125. The number of amides is 1. The van der Waals surface area contributed by atoms with Gasteiger partial charge < -0.3 is 14.6 Å². The Morgan fingerprint density at radius 3 is 2.44 bits per heavy atom. The van der Waals surface area contributed by atoms with Gasteiger partial charge in [-0.15, -0.1) is 0 Å². The number of rotatable bonds is 5. The van der Waals surface area contributed by atoms with E-state index in [1.165, 1.54) is 55.8 Å². The Kier molecular flexibility index (Phi) is 5.59. The summed E-state index contributed by atoms with van der Waals surface area (Å²) in [4.78, 5) is 31.3. The first-order valence-corrected chi connectivity index (χ1v) is 9.65. The van der Waals surface area contributed by atoms with Crippen LogP contribution in [0.4, 0.5) is 10.1 Å². The third-order valence-electron chi connectivity index (χ3n) is 5.22. The molecule has 0 bridgehead atoms. The molecule has 1 aromatic heterocycles. The summed E-state index contributed by atoms with van der Waals surface area (Å²) in [6.45, 7) is 0. The van der Waals surface area contributed by atoms with Gasteiger partial charge in [0.15, 0.2) is 0 Å². The molecule has 1 fully saturated rings. The maximum absolute atomic E-state index is 13.9. The minimum atomic E-state index is -0.994. The number of ketones is 1. The van der Waals surface area contributed by atoms with E-state index in [4.69, 9.17) is 9.47 Å². The molecule has 2 heterocycles. The van der Waals surface area contributed by atoms with Gasteiger partial charge >= 0.3 is 0 Å². The van der Waals surface area contributed by atoms with E-state index in [0.29, 0.717) is 11.3 Å². The Labute approximate surface area is 183 Å². The highest BCUT2D eigenvalue weighted by Gasteiger charge is 2.47. The number of halogens is 1. The van der Waals surface area contributed by atoms with Crippen molar-refractivity contribution in [2.24, 2.45) is 0 Å². The number of benzene rings is 2. The Balaban J connectivity index is 1.96.